The molecular formula is C33H46O7. The van der Waals surface area contributed by atoms with Crippen LogP contribution in [-0.4, -0.2) is 38.3 Å². The molecule has 0 bridgehead atoms. The van der Waals surface area contributed by atoms with Crippen LogP contribution in [0.4, 0.5) is 0 Å². The summed E-state index contributed by atoms with van der Waals surface area (Å²) in [4.78, 5) is 33.0. The van der Waals surface area contributed by atoms with Crippen molar-refractivity contribution < 1.29 is 34.8 Å². The monoisotopic (exact) mass is 554 g/mol. The highest BCUT2D eigenvalue weighted by Gasteiger charge is 2.18. The molecule has 0 aliphatic heterocycles. The molecule has 0 aliphatic rings. The minimum Gasteiger partial charge on any atom is -0.513 e. The third-order valence-electron chi connectivity index (χ3n) is 6.71. The third-order valence-corrected chi connectivity index (χ3v) is 6.71. The Bertz CT molecular complexity index is 1130. The molecule has 0 spiro atoms. The molecule has 0 amide bonds. The van der Waals surface area contributed by atoms with E-state index in [0.717, 1.165) is 44.5 Å². The van der Waals surface area contributed by atoms with Crippen LogP contribution in [0.2, 0.25) is 0 Å². The van der Waals surface area contributed by atoms with Crippen LogP contribution in [0.5, 0.6) is 0 Å². The van der Waals surface area contributed by atoms with E-state index in [9.17, 15) is 19.5 Å². The minimum atomic E-state index is -0.868. The number of benzene rings is 2. The van der Waals surface area contributed by atoms with Gasteiger partial charge in [0.15, 0.2) is 0 Å². The lowest BCUT2D eigenvalue weighted by atomic mass is 9.86. The molecule has 0 aromatic heterocycles. The Balaban J connectivity index is 0.000000400. The molecule has 7 heteroatoms. The van der Waals surface area contributed by atoms with E-state index in [1.165, 1.54) is 0 Å². The lowest BCUT2D eigenvalue weighted by molar-refractivity contribution is -0.137. The maximum Gasteiger partial charge on any atom is 0.307 e. The zero-order valence-corrected chi connectivity index (χ0v) is 25.2. The second-order valence-corrected chi connectivity index (χ2v) is 11.6. The van der Waals surface area contributed by atoms with Gasteiger partial charge in [0.2, 0.25) is 0 Å². The van der Waals surface area contributed by atoms with Gasteiger partial charge in [-0.25, -0.2) is 0 Å². The van der Waals surface area contributed by atoms with E-state index in [0.29, 0.717) is 12.3 Å². The fourth-order valence-corrected chi connectivity index (χ4v) is 4.93. The first kappa shape index (κ1) is 34.4. The van der Waals surface area contributed by atoms with Gasteiger partial charge in [-0.15, -0.1) is 0 Å². The number of carboxylic acids is 3. The Labute approximate surface area is 238 Å². The van der Waals surface area contributed by atoms with Gasteiger partial charge in [-0.05, 0) is 68.2 Å². The standard InChI is InChI=1S/C17H24O3.C16H22O4/c1-10(2)15-9-16(11(3)4)14(8-17(19)20)7-13(15)6-12(5)18;1-9(2)13-5-12(8-16(19)20)14(10(3)4)6-11(13)7-15(17)18/h7,9-11,18H,5-6,8H2,1-4H3,(H,19,20);5-6,9-10H,7-8H2,1-4H3,(H,17,18)(H,19,20). The summed E-state index contributed by atoms with van der Waals surface area (Å²) >= 11 is 0. The number of rotatable bonds is 12. The van der Waals surface area contributed by atoms with Crippen molar-refractivity contribution in [1.82, 2.24) is 0 Å². The normalized spacial score (nSPS) is 11.1. The summed E-state index contributed by atoms with van der Waals surface area (Å²) in [6.45, 7) is 19.8. The number of aliphatic hydroxyl groups excluding tert-OH is 1. The smallest absolute Gasteiger partial charge is 0.307 e. The first-order valence-electron chi connectivity index (χ1n) is 13.8. The van der Waals surface area contributed by atoms with Crippen molar-refractivity contribution in [3.63, 3.8) is 0 Å². The molecule has 2 rings (SSSR count). The fourth-order valence-electron chi connectivity index (χ4n) is 4.93. The average molecular weight is 555 g/mol. The topological polar surface area (TPSA) is 132 Å². The fraction of sp³-hybridized carbons (Fsp3) is 0.485. The Morgan fingerprint density at radius 3 is 1.00 bits per heavy atom. The maximum absolute atomic E-state index is 11.0. The number of hydrogen-bond acceptors (Lipinski definition) is 4. The highest BCUT2D eigenvalue weighted by atomic mass is 16.4. The van der Waals surface area contributed by atoms with Crippen LogP contribution in [0.15, 0.2) is 36.6 Å². The molecule has 0 saturated carbocycles. The summed E-state index contributed by atoms with van der Waals surface area (Å²) < 4.78 is 0. The first-order chi connectivity index (χ1) is 18.4. The van der Waals surface area contributed by atoms with Gasteiger partial charge in [0.1, 0.15) is 0 Å². The average Bonchev–Trinajstić information content (AvgIpc) is 2.78. The number of aliphatic hydroxyl groups is 1. The van der Waals surface area contributed by atoms with E-state index in [1.807, 2.05) is 45.9 Å². The lowest BCUT2D eigenvalue weighted by Crippen LogP contribution is -2.11. The van der Waals surface area contributed by atoms with Crippen LogP contribution in [0.3, 0.4) is 0 Å². The van der Waals surface area contributed by atoms with Gasteiger partial charge >= 0.3 is 17.9 Å². The Morgan fingerprint density at radius 1 is 0.500 bits per heavy atom. The Kier molecular flexibility index (Phi) is 13.1. The van der Waals surface area contributed by atoms with Gasteiger partial charge in [-0.1, -0.05) is 86.2 Å². The molecule has 40 heavy (non-hydrogen) atoms. The Morgan fingerprint density at radius 2 is 0.750 bits per heavy atom. The molecule has 4 N–H and O–H groups in total. The van der Waals surface area contributed by atoms with E-state index in [2.05, 4.69) is 40.3 Å². The van der Waals surface area contributed by atoms with E-state index in [1.54, 1.807) is 0 Å². The van der Waals surface area contributed by atoms with Gasteiger partial charge in [0.05, 0.1) is 25.0 Å². The molecule has 0 heterocycles. The molecule has 2 aromatic rings. The largest absolute Gasteiger partial charge is 0.513 e. The minimum absolute atomic E-state index is 0.0107. The highest BCUT2D eigenvalue weighted by Crippen LogP contribution is 2.31. The summed E-state index contributed by atoms with van der Waals surface area (Å²) in [5, 5.41) is 36.6. The number of hydrogen-bond donors (Lipinski definition) is 4. The molecule has 0 atom stereocenters. The zero-order chi connectivity index (χ0) is 30.9. The van der Waals surface area contributed by atoms with Crippen molar-refractivity contribution in [2.75, 3.05) is 0 Å². The van der Waals surface area contributed by atoms with Gasteiger partial charge in [0, 0.05) is 6.42 Å². The maximum atomic E-state index is 11.0. The molecule has 0 fully saturated rings. The second-order valence-electron chi connectivity index (χ2n) is 11.6. The summed E-state index contributed by atoms with van der Waals surface area (Å²) in [7, 11) is 0. The molecule has 7 nitrogen and oxygen atoms in total. The van der Waals surface area contributed by atoms with Crippen LogP contribution in [0.25, 0.3) is 0 Å². The predicted molar refractivity (Wildman–Crippen MR) is 159 cm³/mol. The lowest BCUT2D eigenvalue weighted by Gasteiger charge is -2.20. The quantitative estimate of drug-likeness (QED) is 0.201. The van der Waals surface area contributed by atoms with Crippen LogP contribution in [-0.2, 0) is 40.1 Å². The molecule has 220 valence electrons. The predicted octanol–water partition coefficient (Wildman–Crippen LogP) is 7.36. The SMILES string of the molecule is C=C(O)Cc1cc(CC(=O)O)c(C(C)C)cc1C(C)C.CC(C)c1cc(CC(=O)O)c(C(C)C)cc1CC(=O)O. The van der Waals surface area contributed by atoms with Crippen molar-refractivity contribution in [2.45, 2.75) is 105 Å². The molecule has 0 aliphatic carbocycles. The summed E-state index contributed by atoms with van der Waals surface area (Å²) in [5.41, 5.74) is 7.43. The molecule has 0 saturated heterocycles. The molecule has 2 aromatic carbocycles. The van der Waals surface area contributed by atoms with E-state index in [4.69, 9.17) is 15.3 Å². The van der Waals surface area contributed by atoms with Crippen molar-refractivity contribution >= 4 is 17.9 Å². The molecule has 0 unspecified atom stereocenters. The summed E-state index contributed by atoms with van der Waals surface area (Å²) in [5.74, 6) is -1.55. The van der Waals surface area contributed by atoms with Crippen LogP contribution < -0.4 is 0 Å². The number of carboxylic acid groups (broad SMARTS) is 3. The number of allylic oxidation sites excluding steroid dienone is 1. The summed E-state index contributed by atoms with van der Waals surface area (Å²) in [6, 6.07) is 7.74. The van der Waals surface area contributed by atoms with Crippen molar-refractivity contribution in [3.8, 4) is 0 Å². The number of carbonyl (C=O) groups is 3. The van der Waals surface area contributed by atoms with Gasteiger partial charge < -0.3 is 20.4 Å². The van der Waals surface area contributed by atoms with Gasteiger partial charge in [-0.3, -0.25) is 14.4 Å². The van der Waals surface area contributed by atoms with Crippen LogP contribution >= 0.6 is 0 Å². The summed E-state index contributed by atoms with van der Waals surface area (Å²) in [6.07, 6.45) is 0.330. The van der Waals surface area contributed by atoms with Crippen LogP contribution in [0.1, 0.15) is 124 Å². The third kappa shape index (κ3) is 10.5. The van der Waals surface area contributed by atoms with E-state index in [-0.39, 0.29) is 42.8 Å². The highest BCUT2D eigenvalue weighted by molar-refractivity contribution is 5.73. The molecule has 0 radical (unpaired) electrons. The van der Waals surface area contributed by atoms with Crippen molar-refractivity contribution in [1.29, 1.82) is 0 Å². The van der Waals surface area contributed by atoms with E-state index >= 15 is 0 Å². The van der Waals surface area contributed by atoms with Crippen molar-refractivity contribution in [2.24, 2.45) is 0 Å². The van der Waals surface area contributed by atoms with Gasteiger partial charge in [0.25, 0.3) is 0 Å². The molecular weight excluding hydrogens is 508 g/mol. The van der Waals surface area contributed by atoms with Crippen LogP contribution in [0, 0.1) is 0 Å². The van der Waals surface area contributed by atoms with E-state index < -0.39 is 17.9 Å². The Hall–Kier alpha value is -3.61. The van der Waals surface area contributed by atoms with Gasteiger partial charge in [-0.2, -0.15) is 0 Å². The first-order valence-corrected chi connectivity index (χ1v) is 13.8. The van der Waals surface area contributed by atoms with Crippen molar-refractivity contribution in [3.05, 3.63) is 81.1 Å². The number of aliphatic carboxylic acids is 3. The zero-order valence-electron chi connectivity index (χ0n) is 25.2. The second kappa shape index (κ2) is 15.2.